The maximum absolute atomic E-state index is 10.8. The molecule has 2 rings (SSSR count). The zero-order chi connectivity index (χ0) is 11.1. The van der Waals surface area contributed by atoms with E-state index in [0.29, 0.717) is 5.52 Å². The van der Waals surface area contributed by atoms with Gasteiger partial charge in [-0.2, -0.15) is 18.4 Å². The smallest absolute Gasteiger partial charge is 0.336 e. The van der Waals surface area contributed by atoms with Crippen molar-refractivity contribution >= 4 is 32.9 Å². The number of nitrogens with one attached hydrogen (secondary N) is 1. The highest BCUT2D eigenvalue weighted by Crippen LogP contribution is 2.19. The lowest BCUT2D eigenvalue weighted by atomic mass is 10.6. The van der Waals surface area contributed by atoms with Gasteiger partial charge in [-0.15, -0.1) is 0 Å². The first-order chi connectivity index (χ1) is 6.96. The average Bonchev–Trinajstić information content (AvgIpc) is 2.48. The Hall–Kier alpha value is -1.41. The lowest BCUT2D eigenvalue weighted by Gasteiger charge is -2.00. The summed E-state index contributed by atoms with van der Waals surface area (Å²) in [5.41, 5.74) is 0.672. The van der Waals surface area contributed by atoms with Crippen molar-refractivity contribution in [2.45, 2.75) is 0 Å². The number of rotatable bonds is 2. The Balaban J connectivity index is 2.54. The Morgan fingerprint density at radius 3 is 2.87 bits per heavy atom. The molecule has 0 saturated carbocycles. The molecule has 0 saturated heterocycles. The summed E-state index contributed by atoms with van der Waals surface area (Å²) in [6, 6.07) is -0.345. The Morgan fingerprint density at radius 1 is 1.47 bits per heavy atom. The lowest BCUT2D eigenvalue weighted by molar-refractivity contribution is 0.471. The normalized spacial score (nSPS) is 11.9. The first-order valence-electron chi connectivity index (χ1n) is 3.72. The van der Waals surface area contributed by atoms with Gasteiger partial charge in [-0.05, 0) is 0 Å². The standard InChI is InChI=1S/C6H5ClN4O3S/c1-15(12,13)14-6-10-4(7)3-5(11-6)9-2-8-3/h2H,1H3,(H,8,9,10,11). The summed E-state index contributed by atoms with van der Waals surface area (Å²) in [4.78, 5) is 13.9. The van der Waals surface area contributed by atoms with E-state index < -0.39 is 10.1 Å². The van der Waals surface area contributed by atoms with E-state index >= 15 is 0 Å². The maximum Gasteiger partial charge on any atom is 0.336 e. The largest absolute Gasteiger partial charge is 0.343 e. The van der Waals surface area contributed by atoms with Gasteiger partial charge < -0.3 is 9.17 Å². The monoisotopic (exact) mass is 248 g/mol. The number of fused-ring (bicyclic) bond motifs is 1. The predicted molar refractivity (Wildman–Crippen MR) is 52.2 cm³/mol. The van der Waals surface area contributed by atoms with E-state index in [1.165, 1.54) is 6.33 Å². The maximum atomic E-state index is 10.8. The molecule has 9 heteroatoms. The number of nitrogens with zero attached hydrogens (tertiary/aromatic N) is 3. The highest BCUT2D eigenvalue weighted by atomic mass is 35.5. The minimum Gasteiger partial charge on any atom is -0.343 e. The lowest BCUT2D eigenvalue weighted by Crippen LogP contribution is -2.08. The van der Waals surface area contributed by atoms with Crippen LogP contribution in [0.25, 0.3) is 11.2 Å². The van der Waals surface area contributed by atoms with E-state index in [1.54, 1.807) is 0 Å². The minimum atomic E-state index is -3.67. The number of aromatic amines is 1. The van der Waals surface area contributed by atoms with Crippen LogP contribution in [0.5, 0.6) is 6.01 Å². The van der Waals surface area contributed by atoms with Gasteiger partial charge in [-0.3, -0.25) is 0 Å². The SMILES string of the molecule is CS(=O)(=O)Oc1nc(Cl)c2[nH]cnc2n1. The third-order valence-corrected chi connectivity index (χ3v) is 2.17. The van der Waals surface area contributed by atoms with Crippen LogP contribution in [-0.2, 0) is 10.1 Å². The van der Waals surface area contributed by atoms with E-state index in [-0.39, 0.29) is 16.8 Å². The van der Waals surface area contributed by atoms with Crippen molar-refractivity contribution in [3.05, 3.63) is 11.5 Å². The highest BCUT2D eigenvalue weighted by molar-refractivity contribution is 7.86. The number of hydrogen-bond donors (Lipinski definition) is 1. The second-order valence-electron chi connectivity index (χ2n) is 2.69. The fraction of sp³-hybridized carbons (Fsp3) is 0.167. The third-order valence-electron chi connectivity index (χ3n) is 1.45. The van der Waals surface area contributed by atoms with Gasteiger partial charge in [0.1, 0.15) is 5.52 Å². The van der Waals surface area contributed by atoms with Gasteiger partial charge >= 0.3 is 16.1 Å². The number of imidazole rings is 1. The van der Waals surface area contributed by atoms with E-state index in [1.807, 2.05) is 0 Å². The van der Waals surface area contributed by atoms with Crippen molar-refractivity contribution < 1.29 is 12.6 Å². The highest BCUT2D eigenvalue weighted by Gasteiger charge is 2.12. The molecule has 7 nitrogen and oxygen atoms in total. The number of halogens is 1. The molecule has 0 fully saturated rings. The molecule has 0 aliphatic heterocycles. The molecule has 0 bridgehead atoms. The van der Waals surface area contributed by atoms with Crippen LogP contribution in [-0.4, -0.2) is 34.6 Å². The van der Waals surface area contributed by atoms with Crippen LogP contribution in [0.4, 0.5) is 0 Å². The fourth-order valence-electron chi connectivity index (χ4n) is 0.952. The van der Waals surface area contributed by atoms with Gasteiger partial charge in [-0.1, -0.05) is 11.6 Å². The third kappa shape index (κ3) is 2.16. The first-order valence-corrected chi connectivity index (χ1v) is 5.91. The molecule has 0 aliphatic carbocycles. The number of H-pyrrole nitrogens is 1. The second-order valence-corrected chi connectivity index (χ2v) is 4.62. The molecule has 0 radical (unpaired) electrons. The quantitative estimate of drug-likeness (QED) is 0.608. The molecular weight excluding hydrogens is 244 g/mol. The number of aromatic nitrogens is 4. The molecule has 80 valence electrons. The summed E-state index contributed by atoms with van der Waals surface area (Å²) < 4.78 is 26.1. The number of hydrogen-bond acceptors (Lipinski definition) is 6. The van der Waals surface area contributed by atoms with E-state index in [0.717, 1.165) is 6.26 Å². The zero-order valence-corrected chi connectivity index (χ0v) is 9.00. The molecule has 0 aromatic carbocycles. The molecule has 2 aromatic heterocycles. The van der Waals surface area contributed by atoms with Crippen LogP contribution in [0.3, 0.4) is 0 Å². The first kappa shape index (κ1) is 10.1. The molecule has 0 amide bonds. The Morgan fingerprint density at radius 2 is 2.20 bits per heavy atom. The van der Waals surface area contributed by atoms with Crippen LogP contribution in [0.2, 0.25) is 5.15 Å². The Labute approximate surface area is 89.6 Å². The van der Waals surface area contributed by atoms with Crippen LogP contribution >= 0.6 is 11.6 Å². The summed E-state index contributed by atoms with van der Waals surface area (Å²) in [5, 5.41) is 0.0520. The van der Waals surface area contributed by atoms with E-state index in [4.69, 9.17) is 11.6 Å². The molecule has 0 atom stereocenters. The van der Waals surface area contributed by atoms with Gasteiger partial charge in [0.15, 0.2) is 10.8 Å². The van der Waals surface area contributed by atoms with Crippen molar-refractivity contribution in [3.63, 3.8) is 0 Å². The van der Waals surface area contributed by atoms with Gasteiger partial charge in [0.05, 0.1) is 12.6 Å². The summed E-state index contributed by atoms with van der Waals surface area (Å²) in [5.74, 6) is 0. The van der Waals surface area contributed by atoms with Crippen molar-refractivity contribution in [3.8, 4) is 6.01 Å². The average molecular weight is 249 g/mol. The summed E-state index contributed by atoms with van der Waals surface area (Å²) in [6.45, 7) is 0. The molecule has 2 aromatic rings. The summed E-state index contributed by atoms with van der Waals surface area (Å²) >= 11 is 5.74. The Bertz CT molecular complexity index is 608. The van der Waals surface area contributed by atoms with Gasteiger partial charge in [0.2, 0.25) is 0 Å². The van der Waals surface area contributed by atoms with Crippen molar-refractivity contribution in [2.24, 2.45) is 0 Å². The van der Waals surface area contributed by atoms with Crippen molar-refractivity contribution in [1.82, 2.24) is 19.9 Å². The van der Waals surface area contributed by atoms with E-state index in [9.17, 15) is 8.42 Å². The van der Waals surface area contributed by atoms with Crippen LogP contribution in [0.1, 0.15) is 0 Å². The van der Waals surface area contributed by atoms with Gasteiger partial charge in [-0.25, -0.2) is 4.98 Å². The zero-order valence-electron chi connectivity index (χ0n) is 7.43. The molecule has 0 aliphatic rings. The topological polar surface area (TPSA) is 97.8 Å². The molecule has 15 heavy (non-hydrogen) atoms. The molecule has 0 spiro atoms. The predicted octanol–water partition coefficient (Wildman–Crippen LogP) is 0.345. The Kier molecular flexibility index (Phi) is 2.24. The summed E-state index contributed by atoms with van der Waals surface area (Å²) in [6.07, 6.45) is 2.26. The second kappa shape index (κ2) is 3.31. The summed E-state index contributed by atoms with van der Waals surface area (Å²) in [7, 11) is -3.67. The van der Waals surface area contributed by atoms with Gasteiger partial charge in [0, 0.05) is 0 Å². The van der Waals surface area contributed by atoms with Crippen LogP contribution in [0, 0.1) is 0 Å². The van der Waals surface area contributed by atoms with Gasteiger partial charge in [0.25, 0.3) is 0 Å². The molecular formula is C6H5ClN4O3S. The van der Waals surface area contributed by atoms with Crippen LogP contribution < -0.4 is 4.18 Å². The van der Waals surface area contributed by atoms with E-state index in [2.05, 4.69) is 24.1 Å². The molecule has 0 unspecified atom stereocenters. The van der Waals surface area contributed by atoms with Crippen molar-refractivity contribution in [2.75, 3.05) is 6.26 Å². The molecule has 1 N–H and O–H groups in total. The molecule has 2 heterocycles. The minimum absolute atomic E-state index is 0.0520. The van der Waals surface area contributed by atoms with Crippen molar-refractivity contribution in [1.29, 1.82) is 0 Å². The fourth-order valence-corrected chi connectivity index (χ4v) is 1.51. The van der Waals surface area contributed by atoms with Crippen LogP contribution in [0.15, 0.2) is 6.33 Å².